The van der Waals surface area contributed by atoms with Gasteiger partial charge in [0.1, 0.15) is 6.33 Å². The first-order chi connectivity index (χ1) is 9.42. The van der Waals surface area contributed by atoms with E-state index in [9.17, 15) is 0 Å². The van der Waals surface area contributed by atoms with Crippen molar-refractivity contribution in [2.24, 2.45) is 0 Å². The van der Waals surface area contributed by atoms with Crippen LogP contribution in [-0.4, -0.2) is 27.9 Å². The highest BCUT2D eigenvalue weighted by Crippen LogP contribution is 2.34. The molecule has 1 aromatic carbocycles. The van der Waals surface area contributed by atoms with Crippen LogP contribution in [0.4, 0.5) is 11.4 Å². The Kier molecular flexibility index (Phi) is 2.43. The predicted molar refractivity (Wildman–Crippen MR) is 74.3 cm³/mol. The first-order valence-corrected chi connectivity index (χ1v) is 6.89. The molecular formula is C14H17N5. The summed E-state index contributed by atoms with van der Waals surface area (Å²) in [6, 6.07) is 6.61. The van der Waals surface area contributed by atoms with Crippen molar-refractivity contribution in [3.05, 3.63) is 35.9 Å². The molecule has 0 saturated carbocycles. The summed E-state index contributed by atoms with van der Waals surface area (Å²) in [5, 5.41) is 11.7. The lowest BCUT2D eigenvalue weighted by atomic mass is 10.0. The molecule has 3 heterocycles. The lowest BCUT2D eigenvalue weighted by Gasteiger charge is -2.32. The number of nitrogens with one attached hydrogen (secondary N) is 1. The summed E-state index contributed by atoms with van der Waals surface area (Å²) in [6.07, 6.45) is 4.23. The number of para-hydroxylation sites is 1. The van der Waals surface area contributed by atoms with Crippen molar-refractivity contribution in [1.82, 2.24) is 14.8 Å². The van der Waals surface area contributed by atoms with E-state index < -0.39 is 0 Å². The molecule has 4 rings (SSSR count). The van der Waals surface area contributed by atoms with Crippen LogP contribution in [0.25, 0.3) is 0 Å². The Hall–Kier alpha value is -2.04. The zero-order chi connectivity index (χ0) is 12.7. The van der Waals surface area contributed by atoms with Crippen molar-refractivity contribution in [3.8, 4) is 0 Å². The summed E-state index contributed by atoms with van der Waals surface area (Å²) in [7, 11) is 0. The van der Waals surface area contributed by atoms with E-state index in [0.717, 1.165) is 32.0 Å². The van der Waals surface area contributed by atoms with Crippen LogP contribution in [0.15, 0.2) is 24.5 Å². The molecule has 1 N–H and O–H groups in total. The summed E-state index contributed by atoms with van der Waals surface area (Å²) in [6.45, 7) is 3.90. The maximum Gasteiger partial charge on any atom is 0.152 e. The lowest BCUT2D eigenvalue weighted by molar-refractivity contribution is 0.560. The highest BCUT2D eigenvalue weighted by Gasteiger charge is 2.21. The Balaban J connectivity index is 1.70. The molecule has 0 radical (unpaired) electrons. The van der Waals surface area contributed by atoms with E-state index in [1.807, 2.05) is 6.33 Å². The molecule has 0 fully saturated rings. The zero-order valence-electron chi connectivity index (χ0n) is 10.8. The third-order valence-corrected chi connectivity index (χ3v) is 4.03. The van der Waals surface area contributed by atoms with Gasteiger partial charge in [0.2, 0.25) is 0 Å². The SMILES string of the molecule is c1cc2c(c(N3CCn4cnnc4C3)c1)NCCC2. The van der Waals surface area contributed by atoms with Crippen molar-refractivity contribution in [3.63, 3.8) is 0 Å². The minimum atomic E-state index is 0.845. The molecule has 0 atom stereocenters. The van der Waals surface area contributed by atoms with Crippen LogP contribution in [0, 0.1) is 0 Å². The fraction of sp³-hybridized carbons (Fsp3) is 0.429. The standard InChI is InChI=1S/C14H17N5/c1-3-11-4-2-6-15-14(11)12(5-1)18-7-8-19-10-16-17-13(19)9-18/h1,3,5,10,15H,2,4,6-9H2. The van der Waals surface area contributed by atoms with Gasteiger partial charge in [-0.1, -0.05) is 12.1 Å². The van der Waals surface area contributed by atoms with Gasteiger partial charge in [-0.15, -0.1) is 10.2 Å². The van der Waals surface area contributed by atoms with Crippen LogP contribution in [0.2, 0.25) is 0 Å². The summed E-state index contributed by atoms with van der Waals surface area (Å²) in [5.74, 6) is 1.06. The van der Waals surface area contributed by atoms with Crippen LogP contribution in [0.3, 0.4) is 0 Å². The molecule has 0 saturated heterocycles. The van der Waals surface area contributed by atoms with E-state index in [-0.39, 0.29) is 0 Å². The van der Waals surface area contributed by atoms with Crippen LogP contribution in [0.5, 0.6) is 0 Å². The van der Waals surface area contributed by atoms with Crippen LogP contribution >= 0.6 is 0 Å². The molecule has 2 aliphatic rings. The predicted octanol–water partition coefficient (Wildman–Crippen LogP) is 1.66. The third-order valence-electron chi connectivity index (χ3n) is 4.03. The Morgan fingerprint density at radius 1 is 1.21 bits per heavy atom. The average Bonchev–Trinajstić information content (AvgIpc) is 2.94. The quantitative estimate of drug-likeness (QED) is 0.841. The highest BCUT2D eigenvalue weighted by molar-refractivity contribution is 5.74. The first kappa shape index (κ1) is 10.8. The summed E-state index contributed by atoms with van der Waals surface area (Å²) < 4.78 is 2.14. The lowest BCUT2D eigenvalue weighted by Crippen LogP contribution is -2.34. The van der Waals surface area contributed by atoms with Crippen molar-refractivity contribution >= 4 is 11.4 Å². The van der Waals surface area contributed by atoms with Gasteiger partial charge in [-0.3, -0.25) is 0 Å². The molecule has 0 bridgehead atoms. The molecule has 0 unspecified atom stereocenters. The van der Waals surface area contributed by atoms with Gasteiger partial charge in [-0.2, -0.15) is 0 Å². The Bertz CT molecular complexity index is 604. The fourth-order valence-corrected chi connectivity index (χ4v) is 3.03. The van der Waals surface area contributed by atoms with E-state index in [1.54, 1.807) is 0 Å². The van der Waals surface area contributed by atoms with Crippen molar-refractivity contribution in [2.75, 3.05) is 23.3 Å². The second-order valence-corrected chi connectivity index (χ2v) is 5.20. The number of aryl methyl sites for hydroxylation is 1. The summed E-state index contributed by atoms with van der Waals surface area (Å²) >= 11 is 0. The number of aromatic nitrogens is 3. The monoisotopic (exact) mass is 255 g/mol. The van der Waals surface area contributed by atoms with Crippen LogP contribution < -0.4 is 10.2 Å². The van der Waals surface area contributed by atoms with Gasteiger partial charge in [0.05, 0.1) is 17.9 Å². The van der Waals surface area contributed by atoms with Gasteiger partial charge < -0.3 is 14.8 Å². The largest absolute Gasteiger partial charge is 0.383 e. The summed E-state index contributed by atoms with van der Waals surface area (Å²) in [5.41, 5.74) is 4.07. The van der Waals surface area contributed by atoms with Gasteiger partial charge in [0, 0.05) is 19.6 Å². The molecule has 0 spiro atoms. The summed E-state index contributed by atoms with van der Waals surface area (Å²) in [4.78, 5) is 2.40. The molecule has 2 aliphatic heterocycles. The highest BCUT2D eigenvalue weighted by atomic mass is 15.3. The topological polar surface area (TPSA) is 46.0 Å². The smallest absolute Gasteiger partial charge is 0.152 e. The third kappa shape index (κ3) is 1.77. The minimum Gasteiger partial charge on any atom is -0.383 e. The average molecular weight is 255 g/mol. The van der Waals surface area contributed by atoms with Gasteiger partial charge >= 0.3 is 0 Å². The second-order valence-electron chi connectivity index (χ2n) is 5.20. The molecule has 0 aliphatic carbocycles. The van der Waals surface area contributed by atoms with E-state index in [4.69, 9.17) is 0 Å². The number of anilines is 2. The maximum atomic E-state index is 4.20. The van der Waals surface area contributed by atoms with Gasteiger partial charge in [0.15, 0.2) is 5.82 Å². The Labute approximate surface area is 112 Å². The molecule has 2 aromatic rings. The molecule has 5 heteroatoms. The van der Waals surface area contributed by atoms with Crippen LogP contribution in [-0.2, 0) is 19.5 Å². The maximum absolute atomic E-state index is 4.20. The van der Waals surface area contributed by atoms with Crippen molar-refractivity contribution in [1.29, 1.82) is 0 Å². The van der Waals surface area contributed by atoms with Gasteiger partial charge in [-0.25, -0.2) is 0 Å². The molecule has 1 aromatic heterocycles. The van der Waals surface area contributed by atoms with Gasteiger partial charge in [-0.05, 0) is 24.5 Å². The number of benzene rings is 1. The van der Waals surface area contributed by atoms with E-state index in [0.29, 0.717) is 0 Å². The Morgan fingerprint density at radius 3 is 3.21 bits per heavy atom. The van der Waals surface area contributed by atoms with E-state index in [2.05, 4.69) is 43.2 Å². The van der Waals surface area contributed by atoms with Crippen LogP contribution in [0.1, 0.15) is 17.8 Å². The molecule has 5 nitrogen and oxygen atoms in total. The number of hydrogen-bond donors (Lipinski definition) is 1. The number of hydrogen-bond acceptors (Lipinski definition) is 4. The zero-order valence-corrected chi connectivity index (χ0v) is 10.8. The number of rotatable bonds is 1. The fourth-order valence-electron chi connectivity index (χ4n) is 3.03. The number of nitrogens with zero attached hydrogens (tertiary/aromatic N) is 4. The number of fused-ring (bicyclic) bond motifs is 2. The van der Waals surface area contributed by atoms with Gasteiger partial charge in [0.25, 0.3) is 0 Å². The van der Waals surface area contributed by atoms with Crippen molar-refractivity contribution < 1.29 is 0 Å². The molecule has 0 amide bonds. The minimum absolute atomic E-state index is 0.845. The van der Waals surface area contributed by atoms with E-state index >= 15 is 0 Å². The van der Waals surface area contributed by atoms with Crippen molar-refractivity contribution in [2.45, 2.75) is 25.9 Å². The van der Waals surface area contributed by atoms with E-state index in [1.165, 1.54) is 29.8 Å². The molecule has 98 valence electrons. The first-order valence-electron chi connectivity index (χ1n) is 6.89. The Morgan fingerprint density at radius 2 is 2.21 bits per heavy atom. The second kappa shape index (κ2) is 4.26. The molecular weight excluding hydrogens is 238 g/mol. The molecule has 19 heavy (non-hydrogen) atoms. The normalized spacial score (nSPS) is 17.6.